The highest BCUT2D eigenvalue weighted by Gasteiger charge is 2.49. The second-order valence-electron chi connectivity index (χ2n) is 5.31. The van der Waals surface area contributed by atoms with Crippen molar-refractivity contribution in [3.05, 3.63) is 35.9 Å². The van der Waals surface area contributed by atoms with E-state index in [-0.39, 0.29) is 22.5 Å². The number of methoxy groups -OCH3 is 1. The first-order chi connectivity index (χ1) is 10.1. The highest BCUT2D eigenvalue weighted by atomic mass is 32.2. The molecule has 1 amide bonds. The average Bonchev–Trinajstić information content (AvgIpc) is 2.95. The molecule has 0 aromatic heterocycles. The van der Waals surface area contributed by atoms with Crippen LogP contribution in [0.25, 0.3) is 0 Å². The van der Waals surface area contributed by atoms with Gasteiger partial charge in [-0.2, -0.15) is 0 Å². The summed E-state index contributed by atoms with van der Waals surface area (Å²) in [4.78, 5) is 26.0. The van der Waals surface area contributed by atoms with Gasteiger partial charge in [0.1, 0.15) is 12.1 Å². The van der Waals surface area contributed by atoms with Gasteiger partial charge in [0.05, 0.1) is 17.7 Å². The normalized spacial score (nSPS) is 31.9. The Balaban J connectivity index is 1.85. The van der Waals surface area contributed by atoms with E-state index >= 15 is 0 Å². The Hall–Kier alpha value is -1.53. The Morgan fingerprint density at radius 1 is 1.33 bits per heavy atom. The number of ether oxygens (including phenoxy) is 1. The van der Waals surface area contributed by atoms with Crippen molar-refractivity contribution >= 4 is 23.6 Å². The summed E-state index contributed by atoms with van der Waals surface area (Å²) in [5.41, 5.74) is 7.21. The molecule has 2 heterocycles. The summed E-state index contributed by atoms with van der Waals surface area (Å²) in [6.45, 7) is 0. The lowest BCUT2D eigenvalue weighted by molar-refractivity contribution is -0.152. The first-order valence-corrected chi connectivity index (χ1v) is 7.93. The van der Waals surface area contributed by atoms with Gasteiger partial charge in [-0.05, 0) is 18.4 Å². The monoisotopic (exact) mass is 306 g/mol. The van der Waals surface area contributed by atoms with Gasteiger partial charge < -0.3 is 15.4 Å². The van der Waals surface area contributed by atoms with Crippen LogP contribution in [0.3, 0.4) is 0 Å². The summed E-state index contributed by atoms with van der Waals surface area (Å²) in [7, 11) is 1.35. The lowest BCUT2D eigenvalue weighted by Crippen LogP contribution is -2.56. The molecule has 5 nitrogen and oxygen atoms in total. The van der Waals surface area contributed by atoms with Gasteiger partial charge >= 0.3 is 5.97 Å². The van der Waals surface area contributed by atoms with Gasteiger partial charge in [-0.3, -0.25) is 4.79 Å². The summed E-state index contributed by atoms with van der Waals surface area (Å²) < 4.78 is 4.80. The highest BCUT2D eigenvalue weighted by molar-refractivity contribution is 8.00. The number of nitrogens with zero attached hydrogens (tertiary/aromatic N) is 1. The molecule has 0 bridgehead atoms. The zero-order valence-corrected chi connectivity index (χ0v) is 12.6. The summed E-state index contributed by atoms with van der Waals surface area (Å²) in [6, 6.07) is 8.72. The van der Waals surface area contributed by atoms with Crippen molar-refractivity contribution in [2.75, 3.05) is 7.11 Å². The summed E-state index contributed by atoms with van der Waals surface area (Å²) in [5, 5.41) is -0.0528. The first-order valence-electron chi connectivity index (χ1n) is 6.99. The zero-order chi connectivity index (χ0) is 15.0. The van der Waals surface area contributed by atoms with Crippen LogP contribution in [-0.2, 0) is 14.3 Å². The Morgan fingerprint density at radius 3 is 2.71 bits per heavy atom. The number of rotatable bonds is 2. The lowest BCUT2D eigenvalue weighted by atomic mass is 10.0. The third-order valence-electron chi connectivity index (χ3n) is 4.10. The van der Waals surface area contributed by atoms with Gasteiger partial charge in [0.15, 0.2) is 0 Å². The number of carbonyl (C=O) groups is 2. The molecule has 2 aliphatic heterocycles. The van der Waals surface area contributed by atoms with Gasteiger partial charge in [0.2, 0.25) is 5.91 Å². The molecule has 0 radical (unpaired) electrons. The molecule has 21 heavy (non-hydrogen) atoms. The molecular weight excluding hydrogens is 288 g/mol. The fraction of sp³-hybridized carbons (Fsp3) is 0.467. The fourth-order valence-electron chi connectivity index (χ4n) is 3.06. The van der Waals surface area contributed by atoms with E-state index in [4.69, 9.17) is 10.5 Å². The van der Waals surface area contributed by atoms with Crippen molar-refractivity contribution in [1.82, 2.24) is 4.90 Å². The molecule has 6 heteroatoms. The van der Waals surface area contributed by atoms with E-state index in [1.807, 2.05) is 30.3 Å². The molecule has 2 aliphatic rings. The number of thioether (sulfide) groups is 1. The molecule has 0 saturated carbocycles. The number of hydrogen-bond donors (Lipinski definition) is 1. The molecule has 112 valence electrons. The molecule has 4 unspecified atom stereocenters. The van der Waals surface area contributed by atoms with Gasteiger partial charge in [-0.15, -0.1) is 11.8 Å². The predicted molar refractivity (Wildman–Crippen MR) is 80.4 cm³/mol. The van der Waals surface area contributed by atoms with E-state index in [0.29, 0.717) is 6.42 Å². The van der Waals surface area contributed by atoms with Crippen LogP contribution in [0.5, 0.6) is 0 Å². The molecule has 0 spiro atoms. The van der Waals surface area contributed by atoms with Crippen molar-refractivity contribution < 1.29 is 14.3 Å². The number of amides is 1. The molecule has 1 aromatic rings. The second-order valence-corrected chi connectivity index (χ2v) is 6.63. The Bertz CT molecular complexity index is 551. The van der Waals surface area contributed by atoms with Crippen LogP contribution in [-0.4, -0.2) is 41.3 Å². The molecule has 2 saturated heterocycles. The maximum atomic E-state index is 12.6. The molecule has 2 N–H and O–H groups in total. The van der Waals surface area contributed by atoms with E-state index in [0.717, 1.165) is 12.0 Å². The van der Waals surface area contributed by atoms with E-state index in [2.05, 4.69) is 0 Å². The van der Waals surface area contributed by atoms with Gasteiger partial charge in [-0.1, -0.05) is 30.3 Å². The number of carbonyl (C=O) groups excluding carboxylic acids is 2. The summed E-state index contributed by atoms with van der Waals surface area (Å²) in [6.07, 6.45) is 1.44. The number of nitrogens with two attached hydrogens (primary N) is 1. The topological polar surface area (TPSA) is 72.6 Å². The van der Waals surface area contributed by atoms with E-state index < -0.39 is 12.1 Å². The number of fused-ring (bicyclic) bond motifs is 1. The molecule has 3 rings (SSSR count). The molecule has 0 aliphatic carbocycles. The third-order valence-corrected chi connectivity index (χ3v) is 5.74. The third kappa shape index (κ3) is 2.42. The van der Waals surface area contributed by atoms with Crippen molar-refractivity contribution in [3.8, 4) is 0 Å². The minimum absolute atomic E-state index is 0.00612. The molecule has 2 fully saturated rings. The SMILES string of the molecule is COC(=O)C1CCC2SC(c3ccccc3)C(N)C(=O)N21. The van der Waals surface area contributed by atoms with Crippen LogP contribution in [0.4, 0.5) is 0 Å². The van der Waals surface area contributed by atoms with Crippen molar-refractivity contribution in [3.63, 3.8) is 0 Å². The van der Waals surface area contributed by atoms with Crippen LogP contribution in [0, 0.1) is 0 Å². The van der Waals surface area contributed by atoms with E-state index in [1.165, 1.54) is 7.11 Å². The maximum Gasteiger partial charge on any atom is 0.328 e. The molecular formula is C15H18N2O3S. The fourth-order valence-corrected chi connectivity index (χ4v) is 4.65. The zero-order valence-electron chi connectivity index (χ0n) is 11.8. The molecule has 4 atom stereocenters. The smallest absolute Gasteiger partial charge is 0.328 e. The lowest BCUT2D eigenvalue weighted by Gasteiger charge is -2.40. The quantitative estimate of drug-likeness (QED) is 0.834. The minimum Gasteiger partial charge on any atom is -0.467 e. The highest BCUT2D eigenvalue weighted by Crippen LogP contribution is 2.46. The average molecular weight is 306 g/mol. The van der Waals surface area contributed by atoms with Crippen molar-refractivity contribution in [2.45, 2.75) is 35.5 Å². The van der Waals surface area contributed by atoms with Gasteiger partial charge in [-0.25, -0.2) is 4.79 Å². The van der Waals surface area contributed by atoms with Crippen LogP contribution >= 0.6 is 11.8 Å². The van der Waals surface area contributed by atoms with E-state index in [9.17, 15) is 9.59 Å². The maximum absolute atomic E-state index is 12.6. The Labute approximate surface area is 127 Å². The Morgan fingerprint density at radius 2 is 2.05 bits per heavy atom. The largest absolute Gasteiger partial charge is 0.467 e. The van der Waals surface area contributed by atoms with Crippen molar-refractivity contribution in [1.29, 1.82) is 0 Å². The standard InChI is InChI=1S/C15H18N2O3S/c1-20-15(19)10-7-8-11-17(10)14(18)12(16)13(21-11)9-5-3-2-4-6-9/h2-6,10-13H,7-8,16H2,1H3. The van der Waals surface area contributed by atoms with Crippen LogP contribution < -0.4 is 5.73 Å². The summed E-state index contributed by atoms with van der Waals surface area (Å²) in [5.74, 6) is -0.502. The number of hydrogen-bond acceptors (Lipinski definition) is 5. The minimum atomic E-state index is -0.626. The van der Waals surface area contributed by atoms with Crippen LogP contribution in [0.1, 0.15) is 23.7 Å². The van der Waals surface area contributed by atoms with Crippen LogP contribution in [0.2, 0.25) is 0 Å². The van der Waals surface area contributed by atoms with Gasteiger partial charge in [0.25, 0.3) is 0 Å². The molecule has 1 aromatic carbocycles. The number of benzene rings is 1. The first kappa shape index (κ1) is 14.4. The predicted octanol–water partition coefficient (Wildman–Crippen LogP) is 1.29. The number of esters is 1. The Kier molecular flexibility index (Phi) is 3.91. The second kappa shape index (κ2) is 5.69. The van der Waals surface area contributed by atoms with E-state index in [1.54, 1.807) is 16.7 Å². The van der Waals surface area contributed by atoms with Crippen LogP contribution in [0.15, 0.2) is 30.3 Å². The summed E-state index contributed by atoms with van der Waals surface area (Å²) >= 11 is 1.67. The van der Waals surface area contributed by atoms with Crippen molar-refractivity contribution in [2.24, 2.45) is 5.73 Å². The van der Waals surface area contributed by atoms with Gasteiger partial charge in [0, 0.05) is 0 Å².